The predicted molar refractivity (Wildman–Crippen MR) is 90.6 cm³/mol. The lowest BCUT2D eigenvalue weighted by Crippen LogP contribution is -2.11. The number of fused-ring (bicyclic) bond motifs is 3. The van der Waals surface area contributed by atoms with Crippen molar-refractivity contribution in [3.05, 3.63) is 59.2 Å². The van der Waals surface area contributed by atoms with E-state index in [-0.39, 0.29) is 0 Å². The van der Waals surface area contributed by atoms with Gasteiger partial charge in [-0.1, -0.05) is 56.3 Å². The van der Waals surface area contributed by atoms with Crippen LogP contribution in [0.5, 0.6) is 0 Å². The summed E-state index contributed by atoms with van der Waals surface area (Å²) >= 11 is 0. The molecular formula is C20H25N. The minimum absolute atomic E-state index is 0.597. The highest BCUT2D eigenvalue weighted by molar-refractivity contribution is 5.78. The van der Waals surface area contributed by atoms with Crippen molar-refractivity contribution in [1.82, 2.24) is 0 Å². The summed E-state index contributed by atoms with van der Waals surface area (Å²) in [6, 6.07) is 15.6. The number of hydrogen-bond donors (Lipinski definition) is 1. The van der Waals surface area contributed by atoms with Crippen molar-refractivity contribution in [1.29, 1.82) is 0 Å². The molecule has 1 atom stereocenters. The van der Waals surface area contributed by atoms with E-state index in [0.717, 1.165) is 19.4 Å². The quantitative estimate of drug-likeness (QED) is 0.717. The van der Waals surface area contributed by atoms with Gasteiger partial charge in [-0.05, 0) is 65.5 Å². The third-order valence-electron chi connectivity index (χ3n) is 4.60. The SMILES string of the molecule is CC(C)C[C@@H](CCN)c1cccc2c1Cc1ccccc1-2. The molecule has 0 saturated heterocycles. The highest BCUT2D eigenvalue weighted by Crippen LogP contribution is 2.41. The van der Waals surface area contributed by atoms with Crippen LogP contribution in [0.2, 0.25) is 0 Å². The first-order valence-corrected chi connectivity index (χ1v) is 8.10. The molecule has 2 N–H and O–H groups in total. The zero-order chi connectivity index (χ0) is 14.8. The molecule has 0 heterocycles. The highest BCUT2D eigenvalue weighted by Gasteiger charge is 2.24. The number of nitrogens with two attached hydrogens (primary N) is 1. The van der Waals surface area contributed by atoms with Gasteiger partial charge in [-0.3, -0.25) is 0 Å². The van der Waals surface area contributed by atoms with Gasteiger partial charge in [0.15, 0.2) is 0 Å². The lowest BCUT2D eigenvalue weighted by atomic mass is 9.84. The van der Waals surface area contributed by atoms with E-state index in [2.05, 4.69) is 56.3 Å². The van der Waals surface area contributed by atoms with E-state index in [4.69, 9.17) is 5.73 Å². The maximum atomic E-state index is 5.87. The molecule has 0 unspecified atom stereocenters. The Labute approximate surface area is 128 Å². The average Bonchev–Trinajstić information content (AvgIpc) is 2.85. The molecule has 0 radical (unpaired) electrons. The minimum atomic E-state index is 0.597. The molecule has 2 aromatic carbocycles. The summed E-state index contributed by atoms with van der Waals surface area (Å²) in [7, 11) is 0. The summed E-state index contributed by atoms with van der Waals surface area (Å²) in [4.78, 5) is 0. The molecule has 0 aromatic heterocycles. The Bertz CT molecular complexity index is 627. The summed E-state index contributed by atoms with van der Waals surface area (Å²) in [5.41, 5.74) is 13.3. The van der Waals surface area contributed by atoms with Crippen molar-refractivity contribution in [3.63, 3.8) is 0 Å². The Morgan fingerprint density at radius 3 is 2.52 bits per heavy atom. The fraction of sp³-hybridized carbons (Fsp3) is 0.400. The molecule has 3 rings (SSSR count). The molecule has 0 saturated carbocycles. The summed E-state index contributed by atoms with van der Waals surface area (Å²) in [5, 5.41) is 0. The van der Waals surface area contributed by atoms with E-state index in [9.17, 15) is 0 Å². The van der Waals surface area contributed by atoms with Gasteiger partial charge in [0.1, 0.15) is 0 Å². The normalized spacial score (nSPS) is 14.1. The van der Waals surface area contributed by atoms with Crippen LogP contribution in [0.4, 0.5) is 0 Å². The fourth-order valence-corrected chi connectivity index (χ4v) is 3.74. The lowest BCUT2D eigenvalue weighted by molar-refractivity contribution is 0.479. The van der Waals surface area contributed by atoms with Gasteiger partial charge in [-0.25, -0.2) is 0 Å². The van der Waals surface area contributed by atoms with Gasteiger partial charge < -0.3 is 5.73 Å². The van der Waals surface area contributed by atoms with Crippen molar-refractivity contribution >= 4 is 0 Å². The highest BCUT2D eigenvalue weighted by atomic mass is 14.5. The van der Waals surface area contributed by atoms with E-state index in [1.807, 2.05) is 0 Å². The Morgan fingerprint density at radius 2 is 1.76 bits per heavy atom. The lowest BCUT2D eigenvalue weighted by Gasteiger charge is -2.22. The molecule has 0 spiro atoms. The van der Waals surface area contributed by atoms with E-state index in [1.54, 1.807) is 0 Å². The van der Waals surface area contributed by atoms with Gasteiger partial charge in [-0.2, -0.15) is 0 Å². The van der Waals surface area contributed by atoms with Crippen LogP contribution in [0, 0.1) is 5.92 Å². The van der Waals surface area contributed by atoms with Crippen LogP contribution in [0.1, 0.15) is 49.3 Å². The Hall–Kier alpha value is -1.60. The first-order valence-electron chi connectivity index (χ1n) is 8.10. The second-order valence-corrected chi connectivity index (χ2v) is 6.61. The summed E-state index contributed by atoms with van der Waals surface area (Å²) < 4.78 is 0. The van der Waals surface area contributed by atoms with E-state index in [0.29, 0.717) is 11.8 Å². The monoisotopic (exact) mass is 279 g/mol. The van der Waals surface area contributed by atoms with Crippen LogP contribution in [-0.2, 0) is 6.42 Å². The van der Waals surface area contributed by atoms with E-state index in [1.165, 1.54) is 34.2 Å². The van der Waals surface area contributed by atoms with Gasteiger partial charge in [-0.15, -0.1) is 0 Å². The van der Waals surface area contributed by atoms with Crippen molar-refractivity contribution in [2.24, 2.45) is 11.7 Å². The van der Waals surface area contributed by atoms with Crippen molar-refractivity contribution in [3.8, 4) is 11.1 Å². The third kappa shape index (κ3) is 2.75. The van der Waals surface area contributed by atoms with Gasteiger partial charge >= 0.3 is 0 Å². The molecule has 0 bridgehead atoms. The summed E-state index contributed by atoms with van der Waals surface area (Å²) in [6.45, 7) is 5.39. The van der Waals surface area contributed by atoms with Crippen LogP contribution in [0.25, 0.3) is 11.1 Å². The van der Waals surface area contributed by atoms with Crippen LogP contribution >= 0.6 is 0 Å². The van der Waals surface area contributed by atoms with Crippen LogP contribution < -0.4 is 5.73 Å². The van der Waals surface area contributed by atoms with Gasteiger partial charge in [0, 0.05) is 0 Å². The second kappa shape index (κ2) is 6.03. The first kappa shape index (κ1) is 14.3. The molecule has 1 nitrogen and oxygen atoms in total. The molecule has 2 aromatic rings. The maximum absolute atomic E-state index is 5.87. The molecule has 1 heteroatoms. The number of rotatable bonds is 5. The zero-order valence-corrected chi connectivity index (χ0v) is 13.1. The second-order valence-electron chi connectivity index (χ2n) is 6.61. The Morgan fingerprint density at radius 1 is 1.00 bits per heavy atom. The molecule has 0 fully saturated rings. The predicted octanol–water partition coefficient (Wildman–Crippen LogP) is 4.74. The van der Waals surface area contributed by atoms with Crippen LogP contribution in [-0.4, -0.2) is 6.54 Å². The Balaban J connectivity index is 2.02. The van der Waals surface area contributed by atoms with Crippen molar-refractivity contribution < 1.29 is 0 Å². The van der Waals surface area contributed by atoms with Crippen molar-refractivity contribution in [2.45, 2.75) is 39.0 Å². The summed E-state index contributed by atoms with van der Waals surface area (Å²) in [5.74, 6) is 1.31. The Kier molecular flexibility index (Phi) is 4.12. The summed E-state index contributed by atoms with van der Waals surface area (Å²) in [6.07, 6.45) is 3.40. The molecule has 110 valence electrons. The van der Waals surface area contributed by atoms with Crippen LogP contribution in [0.15, 0.2) is 42.5 Å². The first-order chi connectivity index (χ1) is 10.2. The molecule has 1 aliphatic rings. The van der Waals surface area contributed by atoms with E-state index >= 15 is 0 Å². The average molecular weight is 279 g/mol. The standard InChI is InChI=1S/C20H25N/c1-14(2)12-16(10-11-21)18-8-5-9-19-17-7-4-3-6-15(17)13-20(18)19/h3-9,14,16H,10-13,21H2,1-2H3/t16-/m1/s1. The van der Waals surface area contributed by atoms with Crippen molar-refractivity contribution in [2.75, 3.05) is 6.54 Å². The minimum Gasteiger partial charge on any atom is -0.330 e. The van der Waals surface area contributed by atoms with Gasteiger partial charge in [0.05, 0.1) is 0 Å². The zero-order valence-electron chi connectivity index (χ0n) is 13.1. The third-order valence-corrected chi connectivity index (χ3v) is 4.60. The topological polar surface area (TPSA) is 26.0 Å². The number of hydrogen-bond acceptors (Lipinski definition) is 1. The molecule has 1 aliphatic carbocycles. The molecule has 0 amide bonds. The number of benzene rings is 2. The smallest absolute Gasteiger partial charge is 0.00106 e. The molecular weight excluding hydrogens is 254 g/mol. The van der Waals surface area contributed by atoms with Crippen LogP contribution in [0.3, 0.4) is 0 Å². The largest absolute Gasteiger partial charge is 0.330 e. The van der Waals surface area contributed by atoms with E-state index < -0.39 is 0 Å². The maximum Gasteiger partial charge on any atom is -0.00106 e. The molecule has 0 aliphatic heterocycles. The fourth-order valence-electron chi connectivity index (χ4n) is 3.74. The van der Waals surface area contributed by atoms with Gasteiger partial charge in [0.25, 0.3) is 0 Å². The molecule has 21 heavy (non-hydrogen) atoms. The van der Waals surface area contributed by atoms with Gasteiger partial charge in [0.2, 0.25) is 0 Å².